The van der Waals surface area contributed by atoms with Crippen LogP contribution in [0.1, 0.15) is 43.4 Å². The van der Waals surface area contributed by atoms with Gasteiger partial charge in [0.2, 0.25) is 0 Å². The molecule has 208 valence electrons. The van der Waals surface area contributed by atoms with Crippen molar-refractivity contribution in [3.63, 3.8) is 0 Å². The van der Waals surface area contributed by atoms with Crippen LogP contribution in [0.15, 0.2) is 58.4 Å². The summed E-state index contributed by atoms with van der Waals surface area (Å²) < 4.78 is 17.2. The second-order valence-corrected chi connectivity index (χ2v) is 10.3. The highest BCUT2D eigenvalue weighted by molar-refractivity contribution is 6.37. The zero-order chi connectivity index (χ0) is 29.1. The summed E-state index contributed by atoms with van der Waals surface area (Å²) in [5.74, 6) is 0.889. The van der Waals surface area contributed by atoms with Gasteiger partial charge in [0, 0.05) is 5.56 Å². The molecule has 1 aromatic heterocycles. The fourth-order valence-corrected chi connectivity index (χ4v) is 4.85. The Bertz CT molecular complexity index is 1660. The molecule has 40 heavy (non-hydrogen) atoms. The molecule has 3 aromatic carbocycles. The molecule has 10 heteroatoms. The smallest absolute Gasteiger partial charge is 0.346 e. The van der Waals surface area contributed by atoms with Gasteiger partial charge in [0.25, 0.3) is 5.56 Å². The summed E-state index contributed by atoms with van der Waals surface area (Å²) in [7, 11) is 2.90. The Morgan fingerprint density at radius 3 is 2.35 bits per heavy atom. The fraction of sp³-hybridized carbons (Fsp3) is 0.267. The maximum atomic E-state index is 13.7. The average Bonchev–Trinajstić information content (AvgIpc) is 2.93. The van der Waals surface area contributed by atoms with Crippen molar-refractivity contribution in [2.45, 2.75) is 39.7 Å². The van der Waals surface area contributed by atoms with Gasteiger partial charge in [0.1, 0.15) is 5.75 Å². The van der Waals surface area contributed by atoms with Crippen LogP contribution in [0.4, 0.5) is 0 Å². The van der Waals surface area contributed by atoms with E-state index in [2.05, 4.69) is 23.7 Å². The van der Waals surface area contributed by atoms with E-state index in [4.69, 9.17) is 37.7 Å². The topological polar surface area (TPSA) is 92.0 Å². The van der Waals surface area contributed by atoms with Crippen LogP contribution >= 0.6 is 23.2 Å². The van der Waals surface area contributed by atoms with Gasteiger partial charge in [-0.15, -0.1) is 0 Å². The molecule has 0 fully saturated rings. The molecule has 0 N–H and O–H groups in total. The molecule has 0 aliphatic carbocycles. The molecule has 0 radical (unpaired) electrons. The van der Waals surface area contributed by atoms with Gasteiger partial charge in [-0.1, -0.05) is 49.2 Å². The van der Waals surface area contributed by atoms with Crippen LogP contribution < -0.4 is 15.0 Å². The second-order valence-electron chi connectivity index (χ2n) is 9.47. The molecule has 0 aliphatic heterocycles. The summed E-state index contributed by atoms with van der Waals surface area (Å²) >= 11 is 12.9. The van der Waals surface area contributed by atoms with Crippen molar-refractivity contribution < 1.29 is 19.0 Å². The van der Waals surface area contributed by atoms with Gasteiger partial charge in [-0.25, -0.2) is 9.78 Å². The SMILES string of the molecule is COC(=O)[C@H](C)Oc1c(Cl)cc(C=Nn2c(-c3cc(C(C)C)c(OC)cc3C)nc3ccccc3c2=O)cc1Cl. The largest absolute Gasteiger partial charge is 0.496 e. The Hall–Kier alpha value is -3.88. The lowest BCUT2D eigenvalue weighted by molar-refractivity contribution is -0.147. The first kappa shape index (κ1) is 29.1. The van der Waals surface area contributed by atoms with Crippen molar-refractivity contribution in [3.8, 4) is 22.9 Å². The molecule has 0 amide bonds. The molecule has 0 bridgehead atoms. The van der Waals surface area contributed by atoms with E-state index >= 15 is 0 Å². The Morgan fingerprint density at radius 1 is 1.05 bits per heavy atom. The number of methoxy groups -OCH3 is 2. The lowest BCUT2D eigenvalue weighted by Crippen LogP contribution is -2.25. The first-order valence-electron chi connectivity index (χ1n) is 12.5. The van der Waals surface area contributed by atoms with E-state index < -0.39 is 12.1 Å². The number of esters is 1. The zero-order valence-electron chi connectivity index (χ0n) is 23.0. The van der Waals surface area contributed by atoms with Gasteiger partial charge in [-0.2, -0.15) is 9.78 Å². The highest BCUT2D eigenvalue weighted by Gasteiger charge is 2.20. The molecule has 0 spiro atoms. The monoisotopic (exact) mass is 581 g/mol. The number of rotatable bonds is 8. The van der Waals surface area contributed by atoms with Gasteiger partial charge in [-0.05, 0) is 72.9 Å². The number of carbonyl (C=O) groups is 1. The van der Waals surface area contributed by atoms with Gasteiger partial charge in [0.05, 0.1) is 41.4 Å². The zero-order valence-corrected chi connectivity index (χ0v) is 24.5. The number of ether oxygens (including phenoxy) is 3. The van der Waals surface area contributed by atoms with E-state index in [1.54, 1.807) is 37.4 Å². The number of aromatic nitrogens is 2. The summed E-state index contributed by atoms with van der Waals surface area (Å²) in [6.45, 7) is 7.61. The van der Waals surface area contributed by atoms with E-state index in [9.17, 15) is 9.59 Å². The maximum absolute atomic E-state index is 13.7. The minimum atomic E-state index is -0.909. The van der Waals surface area contributed by atoms with E-state index in [0.29, 0.717) is 22.3 Å². The van der Waals surface area contributed by atoms with Crippen LogP contribution in [-0.4, -0.2) is 42.2 Å². The molecule has 4 aromatic rings. The normalized spacial score (nSPS) is 12.2. The quantitative estimate of drug-likeness (QED) is 0.171. The third-order valence-corrected chi connectivity index (χ3v) is 6.93. The van der Waals surface area contributed by atoms with Gasteiger partial charge in [0.15, 0.2) is 17.7 Å². The Balaban J connectivity index is 1.86. The molecule has 0 saturated carbocycles. The Labute approximate surface area is 242 Å². The lowest BCUT2D eigenvalue weighted by atomic mass is 9.96. The number of hydrogen-bond acceptors (Lipinski definition) is 7. The average molecular weight is 582 g/mol. The van der Waals surface area contributed by atoms with Gasteiger partial charge in [-0.3, -0.25) is 4.79 Å². The third kappa shape index (κ3) is 5.83. The lowest BCUT2D eigenvalue weighted by Gasteiger charge is -2.17. The number of para-hydroxylation sites is 1. The number of nitrogens with zero attached hydrogens (tertiary/aromatic N) is 3. The maximum Gasteiger partial charge on any atom is 0.346 e. The summed E-state index contributed by atoms with van der Waals surface area (Å²) in [6.07, 6.45) is 0.558. The number of aryl methyl sites for hydroxylation is 1. The van der Waals surface area contributed by atoms with Crippen molar-refractivity contribution in [2.75, 3.05) is 14.2 Å². The first-order chi connectivity index (χ1) is 19.0. The van der Waals surface area contributed by atoms with Crippen LogP contribution in [0.25, 0.3) is 22.3 Å². The van der Waals surface area contributed by atoms with Gasteiger partial charge >= 0.3 is 5.97 Å². The molecule has 0 saturated heterocycles. The number of carbonyl (C=O) groups excluding carboxylic acids is 1. The standard InChI is InChI=1S/C30H29Cl2N3O5/c1-16(2)21-14-22(17(3)11-26(21)38-5)28-34-25-10-8-7-9-20(25)29(36)35(28)33-15-19-12-23(31)27(24(32)13-19)40-18(4)30(37)39-6/h7-16,18H,1-6H3/t18-/m0/s1. The van der Waals surface area contributed by atoms with E-state index in [0.717, 1.165) is 22.4 Å². The van der Waals surface area contributed by atoms with Crippen molar-refractivity contribution in [3.05, 3.63) is 85.6 Å². The predicted molar refractivity (Wildman–Crippen MR) is 158 cm³/mol. The van der Waals surface area contributed by atoms with Crippen molar-refractivity contribution in [1.29, 1.82) is 0 Å². The highest BCUT2D eigenvalue weighted by Crippen LogP contribution is 2.36. The molecular formula is C30H29Cl2N3O5. The summed E-state index contributed by atoms with van der Waals surface area (Å²) in [6, 6.07) is 14.2. The number of hydrogen-bond donors (Lipinski definition) is 0. The number of benzene rings is 3. The summed E-state index contributed by atoms with van der Waals surface area (Å²) in [5.41, 5.74) is 3.34. The molecule has 1 heterocycles. The molecule has 0 unspecified atom stereocenters. The predicted octanol–water partition coefficient (Wildman–Crippen LogP) is 6.63. The molecule has 4 rings (SSSR count). The second kappa shape index (κ2) is 12.1. The van der Waals surface area contributed by atoms with Crippen molar-refractivity contribution in [2.24, 2.45) is 5.10 Å². The van der Waals surface area contributed by atoms with E-state index in [1.807, 2.05) is 25.1 Å². The summed E-state index contributed by atoms with van der Waals surface area (Å²) in [4.78, 5) is 30.3. The Kier molecular flexibility index (Phi) is 8.81. The van der Waals surface area contributed by atoms with E-state index in [1.165, 1.54) is 24.9 Å². The fourth-order valence-electron chi connectivity index (χ4n) is 4.25. The van der Waals surface area contributed by atoms with Crippen molar-refractivity contribution in [1.82, 2.24) is 9.66 Å². The number of fused-ring (bicyclic) bond motifs is 1. The number of halogens is 2. The molecule has 0 aliphatic rings. The van der Waals surface area contributed by atoms with Crippen molar-refractivity contribution >= 4 is 46.3 Å². The van der Waals surface area contributed by atoms with Crippen LogP contribution in [0.5, 0.6) is 11.5 Å². The van der Waals surface area contributed by atoms with E-state index in [-0.39, 0.29) is 27.3 Å². The van der Waals surface area contributed by atoms with Crippen LogP contribution in [-0.2, 0) is 9.53 Å². The summed E-state index contributed by atoms with van der Waals surface area (Å²) in [5, 5.41) is 5.29. The third-order valence-electron chi connectivity index (χ3n) is 6.36. The first-order valence-corrected chi connectivity index (χ1v) is 13.3. The minimum Gasteiger partial charge on any atom is -0.496 e. The van der Waals surface area contributed by atoms with Crippen LogP contribution in [0.3, 0.4) is 0 Å². The molecule has 8 nitrogen and oxygen atoms in total. The molecule has 1 atom stereocenters. The molecular weight excluding hydrogens is 553 g/mol. The minimum absolute atomic E-state index is 0.138. The van der Waals surface area contributed by atoms with Gasteiger partial charge < -0.3 is 14.2 Å². The van der Waals surface area contributed by atoms with Crippen LogP contribution in [0.2, 0.25) is 10.0 Å². The highest BCUT2D eigenvalue weighted by atomic mass is 35.5. The Morgan fingerprint density at radius 2 is 1.73 bits per heavy atom. The van der Waals surface area contributed by atoms with Crippen LogP contribution in [0, 0.1) is 6.92 Å².